The number of β-amino-alcohol motifs (C(OH)–C–C–N with tert-alkyl or cyclic N) is 1. The largest absolute Gasteiger partial charge is 0.481 e. The van der Waals surface area contributed by atoms with Crippen LogP contribution in [0.2, 0.25) is 0 Å². The lowest BCUT2D eigenvalue weighted by atomic mass is 9.95. The second-order valence-electron chi connectivity index (χ2n) is 4.55. The van der Waals surface area contributed by atoms with E-state index in [0.717, 1.165) is 19.5 Å². The van der Waals surface area contributed by atoms with Gasteiger partial charge in [-0.2, -0.15) is 0 Å². The van der Waals surface area contributed by atoms with Gasteiger partial charge in [-0.05, 0) is 18.9 Å². The lowest BCUT2D eigenvalue weighted by molar-refractivity contribution is -0.139. The van der Waals surface area contributed by atoms with E-state index in [1.165, 1.54) is 0 Å². The molecule has 3 unspecified atom stereocenters. The molecule has 1 heterocycles. The Morgan fingerprint density at radius 3 is 2.88 bits per heavy atom. The Kier molecular flexibility index (Phi) is 5.18. The van der Waals surface area contributed by atoms with Crippen molar-refractivity contribution in [2.24, 2.45) is 5.92 Å². The fourth-order valence-corrected chi connectivity index (χ4v) is 2.13. The molecule has 94 valence electrons. The number of rotatable bonds is 5. The summed E-state index contributed by atoms with van der Waals surface area (Å²) in [5, 5.41) is 18.1. The topological polar surface area (TPSA) is 70.0 Å². The molecule has 0 radical (unpaired) electrons. The molecule has 3 atom stereocenters. The van der Waals surface area contributed by atoms with Crippen molar-refractivity contribution in [3.8, 4) is 0 Å². The normalized spacial score (nSPS) is 28.9. The molecule has 1 rings (SSSR count). The Morgan fingerprint density at radius 1 is 1.62 bits per heavy atom. The highest BCUT2D eigenvalue weighted by Crippen LogP contribution is 2.19. The summed E-state index contributed by atoms with van der Waals surface area (Å²) < 4.78 is 5.36. The third-order valence-corrected chi connectivity index (χ3v) is 3.16. The summed E-state index contributed by atoms with van der Waals surface area (Å²) >= 11 is 0. The Morgan fingerprint density at radius 2 is 2.31 bits per heavy atom. The number of nitrogens with zero attached hydrogens (tertiary/aromatic N) is 1. The molecule has 0 aromatic heterocycles. The molecule has 0 aromatic carbocycles. The number of aliphatic hydroxyl groups excluding tert-OH is 1. The molecule has 5 nitrogen and oxygen atoms in total. The molecule has 0 bridgehead atoms. The molecule has 1 saturated heterocycles. The average molecular weight is 231 g/mol. The SMILES string of the molecule is COC1CN(CC(O)CC(=O)O)CCC1C. The van der Waals surface area contributed by atoms with Crippen molar-refractivity contribution < 1.29 is 19.7 Å². The predicted octanol–water partition coefficient (Wildman–Crippen LogP) is 0.179. The minimum atomic E-state index is -0.957. The molecule has 1 fully saturated rings. The van der Waals surface area contributed by atoms with Crippen molar-refractivity contribution in [2.45, 2.75) is 32.0 Å². The second kappa shape index (κ2) is 6.18. The fourth-order valence-electron chi connectivity index (χ4n) is 2.13. The van der Waals surface area contributed by atoms with Crippen LogP contribution >= 0.6 is 0 Å². The van der Waals surface area contributed by atoms with Crippen molar-refractivity contribution >= 4 is 5.97 Å². The van der Waals surface area contributed by atoms with E-state index in [2.05, 4.69) is 11.8 Å². The van der Waals surface area contributed by atoms with E-state index in [9.17, 15) is 9.90 Å². The Bertz CT molecular complexity index is 234. The van der Waals surface area contributed by atoms with Crippen LogP contribution in [0, 0.1) is 5.92 Å². The van der Waals surface area contributed by atoms with Gasteiger partial charge in [0.05, 0.1) is 18.6 Å². The van der Waals surface area contributed by atoms with Gasteiger partial charge in [0.25, 0.3) is 0 Å². The average Bonchev–Trinajstić information content (AvgIpc) is 2.19. The van der Waals surface area contributed by atoms with E-state index in [0.29, 0.717) is 12.5 Å². The zero-order valence-electron chi connectivity index (χ0n) is 9.93. The number of hydrogen-bond donors (Lipinski definition) is 2. The van der Waals surface area contributed by atoms with E-state index in [4.69, 9.17) is 9.84 Å². The highest BCUT2D eigenvalue weighted by Gasteiger charge is 2.27. The molecule has 5 heteroatoms. The van der Waals surface area contributed by atoms with Crippen LogP contribution in [0.4, 0.5) is 0 Å². The van der Waals surface area contributed by atoms with Crippen LogP contribution in [0.3, 0.4) is 0 Å². The highest BCUT2D eigenvalue weighted by molar-refractivity contribution is 5.67. The van der Waals surface area contributed by atoms with Gasteiger partial charge in [0.1, 0.15) is 0 Å². The summed E-state index contributed by atoms with van der Waals surface area (Å²) in [6, 6.07) is 0. The molecule has 1 aliphatic rings. The lowest BCUT2D eigenvalue weighted by Crippen LogP contribution is -2.46. The number of carboxylic acids is 1. The molecule has 0 saturated carbocycles. The number of aliphatic hydroxyl groups is 1. The van der Waals surface area contributed by atoms with E-state index >= 15 is 0 Å². The van der Waals surface area contributed by atoms with Gasteiger partial charge in [-0.1, -0.05) is 6.92 Å². The number of ether oxygens (including phenoxy) is 1. The van der Waals surface area contributed by atoms with Crippen LogP contribution in [0.25, 0.3) is 0 Å². The number of piperidine rings is 1. The summed E-state index contributed by atoms with van der Waals surface area (Å²) in [5.41, 5.74) is 0. The zero-order valence-corrected chi connectivity index (χ0v) is 9.93. The molecule has 0 amide bonds. The minimum Gasteiger partial charge on any atom is -0.481 e. The van der Waals surface area contributed by atoms with Crippen LogP contribution in [-0.2, 0) is 9.53 Å². The van der Waals surface area contributed by atoms with Crippen LogP contribution in [0.1, 0.15) is 19.8 Å². The molecule has 0 spiro atoms. The number of likely N-dealkylation sites (tertiary alicyclic amines) is 1. The summed E-state index contributed by atoms with van der Waals surface area (Å²) in [6.45, 7) is 4.24. The predicted molar refractivity (Wildman–Crippen MR) is 59.3 cm³/mol. The van der Waals surface area contributed by atoms with Crippen molar-refractivity contribution in [1.82, 2.24) is 4.90 Å². The fraction of sp³-hybridized carbons (Fsp3) is 0.909. The number of carbonyl (C=O) groups is 1. The maximum Gasteiger partial charge on any atom is 0.306 e. The first-order valence-electron chi connectivity index (χ1n) is 5.68. The first-order chi connectivity index (χ1) is 7.52. The first kappa shape index (κ1) is 13.4. The van der Waals surface area contributed by atoms with Crippen molar-refractivity contribution in [2.75, 3.05) is 26.7 Å². The molecular formula is C11H21NO4. The van der Waals surface area contributed by atoms with Gasteiger partial charge in [0.15, 0.2) is 0 Å². The van der Waals surface area contributed by atoms with Gasteiger partial charge in [0.2, 0.25) is 0 Å². The van der Waals surface area contributed by atoms with Gasteiger partial charge in [-0.25, -0.2) is 0 Å². The summed E-state index contributed by atoms with van der Waals surface area (Å²) in [4.78, 5) is 12.5. The van der Waals surface area contributed by atoms with Crippen molar-refractivity contribution in [1.29, 1.82) is 0 Å². The van der Waals surface area contributed by atoms with Gasteiger partial charge in [0, 0.05) is 20.2 Å². The Balaban J connectivity index is 2.35. The summed E-state index contributed by atoms with van der Waals surface area (Å²) in [5.74, 6) is -0.431. The molecule has 0 aliphatic carbocycles. The lowest BCUT2D eigenvalue weighted by Gasteiger charge is -2.36. The van der Waals surface area contributed by atoms with Crippen LogP contribution in [0.15, 0.2) is 0 Å². The number of carboxylic acid groups (broad SMARTS) is 1. The number of methoxy groups -OCH3 is 1. The highest BCUT2D eigenvalue weighted by atomic mass is 16.5. The third-order valence-electron chi connectivity index (χ3n) is 3.16. The zero-order chi connectivity index (χ0) is 12.1. The monoisotopic (exact) mass is 231 g/mol. The molecule has 1 aliphatic heterocycles. The quantitative estimate of drug-likeness (QED) is 0.706. The first-order valence-corrected chi connectivity index (χ1v) is 5.68. The summed E-state index contributed by atoms with van der Waals surface area (Å²) in [6.07, 6.45) is 0.233. The van der Waals surface area contributed by atoms with Crippen LogP contribution in [0.5, 0.6) is 0 Å². The summed E-state index contributed by atoms with van der Waals surface area (Å²) in [7, 11) is 1.69. The maximum absolute atomic E-state index is 10.4. The van der Waals surface area contributed by atoms with Gasteiger partial charge < -0.3 is 14.9 Å². The minimum absolute atomic E-state index is 0.186. The molecule has 2 N–H and O–H groups in total. The Labute approximate surface area is 96.0 Å². The second-order valence-corrected chi connectivity index (χ2v) is 4.55. The van der Waals surface area contributed by atoms with Crippen molar-refractivity contribution in [3.63, 3.8) is 0 Å². The number of hydrogen-bond acceptors (Lipinski definition) is 4. The van der Waals surface area contributed by atoms with E-state index in [1.54, 1.807) is 7.11 Å². The smallest absolute Gasteiger partial charge is 0.306 e. The van der Waals surface area contributed by atoms with Gasteiger partial charge in [-0.15, -0.1) is 0 Å². The molecule has 0 aromatic rings. The number of aliphatic carboxylic acids is 1. The van der Waals surface area contributed by atoms with Crippen LogP contribution < -0.4 is 0 Å². The van der Waals surface area contributed by atoms with Gasteiger partial charge >= 0.3 is 5.97 Å². The third kappa shape index (κ3) is 4.08. The van der Waals surface area contributed by atoms with E-state index in [1.807, 2.05) is 0 Å². The van der Waals surface area contributed by atoms with E-state index < -0.39 is 12.1 Å². The van der Waals surface area contributed by atoms with Crippen LogP contribution in [-0.4, -0.2) is 60.0 Å². The molecular weight excluding hydrogens is 210 g/mol. The Hall–Kier alpha value is -0.650. The van der Waals surface area contributed by atoms with Crippen molar-refractivity contribution in [3.05, 3.63) is 0 Å². The molecule has 16 heavy (non-hydrogen) atoms. The van der Waals surface area contributed by atoms with E-state index in [-0.39, 0.29) is 12.5 Å². The maximum atomic E-state index is 10.4. The van der Waals surface area contributed by atoms with Gasteiger partial charge in [-0.3, -0.25) is 9.69 Å². The standard InChI is InChI=1S/C11H21NO4/c1-8-3-4-12(7-10(8)16-2)6-9(13)5-11(14)15/h8-10,13H,3-7H2,1-2H3,(H,14,15).